The molecule has 0 bridgehead atoms. The van der Waals surface area contributed by atoms with Crippen LogP contribution in [0.4, 0.5) is 5.95 Å². The van der Waals surface area contributed by atoms with Crippen LogP contribution in [0, 0.1) is 0 Å². The minimum atomic E-state index is -0.339. The Hall–Kier alpha value is -4.75. The molecule has 2 aliphatic rings. The van der Waals surface area contributed by atoms with Crippen LogP contribution in [-0.4, -0.2) is 47.6 Å². The molecule has 0 aliphatic carbocycles. The van der Waals surface area contributed by atoms with E-state index in [2.05, 4.69) is 167 Å². The highest BCUT2D eigenvalue weighted by molar-refractivity contribution is 7.25. The fraction of sp³-hybridized carbons (Fsp3) is 0.293. The van der Waals surface area contributed by atoms with Crippen LogP contribution in [-0.2, 0) is 0 Å². The molecule has 240 valence electrons. The molecule has 0 radical (unpaired) electrons. The van der Waals surface area contributed by atoms with Crippen molar-refractivity contribution in [3.63, 3.8) is 0 Å². The molecular formula is C41H40N6S. The SMILES string of the molecule is CC1(C)N=C2N(c3nc(-c4ccc5c(c4)c4ccccc4n5-c4ccccc4)c4c(n3)sc3ccccc34)C(C)(C)C(C)(C)N2C1(C)C. The average molecular weight is 649 g/mol. The summed E-state index contributed by atoms with van der Waals surface area (Å²) in [5.41, 5.74) is 4.50. The number of thiophene rings is 1. The van der Waals surface area contributed by atoms with Crippen molar-refractivity contribution in [1.29, 1.82) is 0 Å². The molecule has 0 unspecified atom stereocenters. The van der Waals surface area contributed by atoms with Crippen LogP contribution in [0.1, 0.15) is 55.4 Å². The maximum absolute atomic E-state index is 5.55. The van der Waals surface area contributed by atoms with Gasteiger partial charge in [0.2, 0.25) is 11.9 Å². The number of anilines is 1. The van der Waals surface area contributed by atoms with Gasteiger partial charge in [-0.15, -0.1) is 11.3 Å². The molecule has 7 aromatic rings. The predicted molar refractivity (Wildman–Crippen MR) is 203 cm³/mol. The number of aliphatic imine (C=N–C) groups is 1. The van der Waals surface area contributed by atoms with Crippen molar-refractivity contribution in [3.05, 3.63) is 97.1 Å². The molecular weight excluding hydrogens is 609 g/mol. The monoisotopic (exact) mass is 648 g/mol. The minimum Gasteiger partial charge on any atom is -0.327 e. The maximum atomic E-state index is 5.55. The molecule has 9 rings (SSSR count). The number of hydrogen-bond acceptors (Lipinski definition) is 6. The Morgan fingerprint density at radius 1 is 0.604 bits per heavy atom. The number of guanidine groups is 1. The Balaban J connectivity index is 1.33. The fourth-order valence-electron chi connectivity index (χ4n) is 8.09. The second-order valence-electron chi connectivity index (χ2n) is 15.4. The van der Waals surface area contributed by atoms with Crippen LogP contribution < -0.4 is 4.90 Å². The van der Waals surface area contributed by atoms with E-state index >= 15 is 0 Å². The van der Waals surface area contributed by atoms with Gasteiger partial charge in [-0.2, -0.15) is 0 Å². The molecule has 0 spiro atoms. The van der Waals surface area contributed by atoms with Gasteiger partial charge in [-0.05, 0) is 91.8 Å². The summed E-state index contributed by atoms with van der Waals surface area (Å²) in [6.45, 7) is 18.4. The smallest absolute Gasteiger partial charge is 0.234 e. The highest BCUT2D eigenvalue weighted by atomic mass is 32.1. The molecule has 0 amide bonds. The number of aromatic nitrogens is 3. The van der Waals surface area contributed by atoms with Gasteiger partial charge in [-0.1, -0.05) is 60.7 Å². The van der Waals surface area contributed by atoms with Crippen molar-refractivity contribution >= 4 is 65.4 Å². The molecule has 1 saturated heterocycles. The predicted octanol–water partition coefficient (Wildman–Crippen LogP) is 10.2. The quantitative estimate of drug-likeness (QED) is 0.191. The molecule has 48 heavy (non-hydrogen) atoms. The number of benzene rings is 4. The molecule has 0 N–H and O–H groups in total. The van der Waals surface area contributed by atoms with E-state index in [0.717, 1.165) is 33.1 Å². The van der Waals surface area contributed by atoms with E-state index in [-0.39, 0.29) is 22.2 Å². The van der Waals surface area contributed by atoms with Crippen LogP contribution in [0.15, 0.2) is 102 Å². The highest BCUT2D eigenvalue weighted by Gasteiger charge is 2.66. The van der Waals surface area contributed by atoms with Gasteiger partial charge in [0.25, 0.3) is 0 Å². The van der Waals surface area contributed by atoms with E-state index in [1.807, 2.05) is 0 Å². The molecule has 2 aliphatic heterocycles. The summed E-state index contributed by atoms with van der Waals surface area (Å²) in [6.07, 6.45) is 0. The molecule has 4 aromatic carbocycles. The van der Waals surface area contributed by atoms with E-state index in [0.29, 0.717) is 5.95 Å². The Bertz CT molecular complexity index is 2480. The van der Waals surface area contributed by atoms with Crippen molar-refractivity contribution in [2.24, 2.45) is 4.99 Å². The lowest BCUT2D eigenvalue weighted by molar-refractivity contribution is 0.0528. The summed E-state index contributed by atoms with van der Waals surface area (Å²) in [5, 5.41) is 4.72. The zero-order chi connectivity index (χ0) is 33.4. The first-order valence-electron chi connectivity index (χ1n) is 16.8. The maximum Gasteiger partial charge on any atom is 0.234 e. The normalized spacial score (nSPS) is 19.1. The van der Waals surface area contributed by atoms with Crippen LogP contribution in [0.2, 0.25) is 0 Å². The molecule has 1 fully saturated rings. The van der Waals surface area contributed by atoms with Gasteiger partial charge in [-0.3, -0.25) is 4.90 Å². The van der Waals surface area contributed by atoms with E-state index in [1.54, 1.807) is 11.3 Å². The summed E-state index contributed by atoms with van der Waals surface area (Å²) >= 11 is 1.74. The van der Waals surface area contributed by atoms with Crippen LogP contribution in [0.3, 0.4) is 0 Å². The Morgan fingerprint density at radius 2 is 1.27 bits per heavy atom. The Kier molecular flexibility index (Phi) is 5.78. The van der Waals surface area contributed by atoms with Gasteiger partial charge < -0.3 is 9.47 Å². The van der Waals surface area contributed by atoms with E-state index in [4.69, 9.17) is 15.0 Å². The first kappa shape index (κ1) is 29.4. The van der Waals surface area contributed by atoms with Crippen molar-refractivity contribution in [2.75, 3.05) is 4.90 Å². The first-order valence-corrected chi connectivity index (χ1v) is 17.6. The lowest BCUT2D eigenvalue weighted by Crippen LogP contribution is -2.63. The molecule has 3 aromatic heterocycles. The molecule has 7 heteroatoms. The van der Waals surface area contributed by atoms with Crippen molar-refractivity contribution in [3.8, 4) is 16.9 Å². The summed E-state index contributed by atoms with van der Waals surface area (Å²) in [5.74, 6) is 1.65. The number of rotatable bonds is 3. The molecule has 6 nitrogen and oxygen atoms in total. The van der Waals surface area contributed by atoms with Crippen molar-refractivity contribution in [1.82, 2.24) is 19.4 Å². The second kappa shape index (κ2) is 9.44. The third kappa shape index (κ3) is 3.65. The first-order chi connectivity index (χ1) is 22.8. The standard InChI is InChI=1S/C41H40N6S/c1-38(2)39(3,4)47-37(44-38)46(40(5,6)41(47,7)8)36-42-34(33-28-19-13-15-21-32(28)48-35(33)43-36)25-22-23-31-29(24-25)27-18-12-14-20-30(27)45(31)26-16-10-9-11-17-26/h9-24H,1-8H3. The Morgan fingerprint density at radius 3 is 2.04 bits per heavy atom. The molecule has 0 saturated carbocycles. The van der Waals surface area contributed by atoms with E-state index < -0.39 is 0 Å². The second-order valence-corrected chi connectivity index (χ2v) is 16.4. The topological polar surface area (TPSA) is 49.6 Å². The zero-order valence-electron chi connectivity index (χ0n) is 28.8. The van der Waals surface area contributed by atoms with Crippen LogP contribution in [0.25, 0.3) is 59.1 Å². The van der Waals surface area contributed by atoms with Crippen LogP contribution >= 0.6 is 11.3 Å². The third-order valence-electron chi connectivity index (χ3n) is 11.8. The fourth-order valence-corrected chi connectivity index (χ4v) is 9.16. The van der Waals surface area contributed by atoms with E-state index in [1.165, 1.54) is 31.9 Å². The minimum absolute atomic E-state index is 0.194. The zero-order valence-corrected chi connectivity index (χ0v) is 29.6. The molecule has 5 heterocycles. The van der Waals surface area contributed by atoms with Gasteiger partial charge in [0.15, 0.2) is 0 Å². The number of hydrogen-bond donors (Lipinski definition) is 0. The largest absolute Gasteiger partial charge is 0.327 e. The van der Waals surface area contributed by atoms with Gasteiger partial charge in [0, 0.05) is 37.5 Å². The number of nitrogens with zero attached hydrogens (tertiary/aromatic N) is 6. The average Bonchev–Trinajstić information content (AvgIpc) is 3.69. The molecule has 0 atom stereocenters. The summed E-state index contributed by atoms with van der Waals surface area (Å²) in [7, 11) is 0. The summed E-state index contributed by atoms with van der Waals surface area (Å²) in [4.78, 5) is 22.2. The van der Waals surface area contributed by atoms with Crippen molar-refractivity contribution in [2.45, 2.75) is 77.5 Å². The van der Waals surface area contributed by atoms with Gasteiger partial charge in [0.05, 0.1) is 38.9 Å². The Labute approximate surface area is 285 Å². The van der Waals surface area contributed by atoms with Gasteiger partial charge in [-0.25, -0.2) is 15.0 Å². The van der Waals surface area contributed by atoms with Crippen LogP contribution in [0.5, 0.6) is 0 Å². The lowest BCUT2D eigenvalue weighted by Gasteiger charge is -2.50. The lowest BCUT2D eigenvalue weighted by atomic mass is 9.76. The number of para-hydroxylation sites is 2. The van der Waals surface area contributed by atoms with Gasteiger partial charge >= 0.3 is 0 Å². The van der Waals surface area contributed by atoms with Crippen molar-refractivity contribution < 1.29 is 0 Å². The number of fused-ring (bicyclic) bond motifs is 7. The summed E-state index contributed by atoms with van der Waals surface area (Å²) < 4.78 is 3.57. The van der Waals surface area contributed by atoms with Gasteiger partial charge in [0.1, 0.15) is 4.83 Å². The summed E-state index contributed by atoms with van der Waals surface area (Å²) in [6, 6.07) is 34.8. The third-order valence-corrected chi connectivity index (χ3v) is 12.9. The van der Waals surface area contributed by atoms with E-state index in [9.17, 15) is 0 Å². The highest BCUT2D eigenvalue weighted by Crippen LogP contribution is 2.54.